The molecule has 0 aliphatic carbocycles. The standard InChI is InChI=1S/C10H10F2N2O2S2/c1-7(6-13)18(15,16)14-8-4-2-3-5-9(8)17-10(11)12/h2-5,7,10,14H,1H3. The average Bonchev–Trinajstić information content (AvgIpc) is 2.29. The quantitative estimate of drug-likeness (QED) is 0.847. The molecule has 1 rings (SSSR count). The second kappa shape index (κ2) is 6.02. The summed E-state index contributed by atoms with van der Waals surface area (Å²) in [4.78, 5) is 0.112. The largest absolute Gasteiger partial charge is 0.288 e. The number of anilines is 1. The van der Waals surface area contributed by atoms with E-state index in [0.29, 0.717) is 0 Å². The minimum atomic E-state index is -3.89. The summed E-state index contributed by atoms with van der Waals surface area (Å²) in [5.74, 6) is -2.65. The van der Waals surface area contributed by atoms with Crippen molar-refractivity contribution in [1.82, 2.24) is 0 Å². The smallest absolute Gasteiger partial charge is 0.281 e. The van der Waals surface area contributed by atoms with Crippen LogP contribution in [0.2, 0.25) is 0 Å². The molecule has 1 unspecified atom stereocenters. The minimum Gasteiger partial charge on any atom is -0.281 e. The van der Waals surface area contributed by atoms with Gasteiger partial charge in [-0.05, 0) is 19.1 Å². The molecule has 4 nitrogen and oxygen atoms in total. The van der Waals surface area contributed by atoms with Gasteiger partial charge in [-0.1, -0.05) is 23.9 Å². The number of halogens is 2. The number of benzene rings is 1. The van der Waals surface area contributed by atoms with Crippen LogP contribution in [-0.2, 0) is 10.0 Å². The summed E-state index contributed by atoms with van der Waals surface area (Å²) >= 11 is 0.242. The number of nitrogens with zero attached hydrogens (tertiary/aromatic N) is 1. The molecular weight excluding hydrogens is 282 g/mol. The molecule has 0 aliphatic rings. The maximum Gasteiger partial charge on any atom is 0.288 e. The first-order valence-electron chi connectivity index (χ1n) is 4.82. The van der Waals surface area contributed by atoms with E-state index in [1.807, 2.05) is 0 Å². The second-order valence-corrected chi connectivity index (χ2v) is 6.33. The Morgan fingerprint density at radius 2 is 2.00 bits per heavy atom. The molecule has 1 atom stereocenters. The maximum atomic E-state index is 12.3. The molecule has 18 heavy (non-hydrogen) atoms. The van der Waals surface area contributed by atoms with Crippen molar-refractivity contribution in [3.8, 4) is 6.07 Å². The van der Waals surface area contributed by atoms with Gasteiger partial charge in [-0.25, -0.2) is 8.42 Å². The van der Waals surface area contributed by atoms with Gasteiger partial charge >= 0.3 is 0 Å². The van der Waals surface area contributed by atoms with Gasteiger partial charge in [0.25, 0.3) is 5.76 Å². The van der Waals surface area contributed by atoms with Crippen molar-refractivity contribution in [3.63, 3.8) is 0 Å². The lowest BCUT2D eigenvalue weighted by Gasteiger charge is -2.12. The van der Waals surface area contributed by atoms with E-state index in [9.17, 15) is 17.2 Å². The molecule has 0 aliphatic heterocycles. The van der Waals surface area contributed by atoms with E-state index >= 15 is 0 Å². The summed E-state index contributed by atoms with van der Waals surface area (Å²) in [6.45, 7) is 1.21. The summed E-state index contributed by atoms with van der Waals surface area (Å²) in [7, 11) is -3.89. The Morgan fingerprint density at radius 1 is 1.39 bits per heavy atom. The van der Waals surface area contributed by atoms with Crippen molar-refractivity contribution in [1.29, 1.82) is 5.26 Å². The minimum absolute atomic E-state index is 0.0462. The molecule has 0 amide bonds. The summed E-state index contributed by atoms with van der Waals surface area (Å²) in [6.07, 6.45) is 0. The number of nitrogens with one attached hydrogen (secondary N) is 1. The van der Waals surface area contributed by atoms with Crippen LogP contribution in [0.1, 0.15) is 6.92 Å². The number of sulfonamides is 1. The summed E-state index contributed by atoms with van der Waals surface area (Å²) in [5.41, 5.74) is 0.0462. The van der Waals surface area contributed by atoms with Gasteiger partial charge in [0.1, 0.15) is 0 Å². The molecule has 0 spiro atoms. The number of nitriles is 1. The lowest BCUT2D eigenvalue weighted by atomic mass is 10.3. The Labute approximate surface area is 108 Å². The van der Waals surface area contributed by atoms with E-state index in [1.54, 1.807) is 6.07 Å². The molecule has 0 fully saturated rings. The summed E-state index contributed by atoms with van der Waals surface area (Å²) in [5, 5.41) is 7.31. The van der Waals surface area contributed by atoms with Gasteiger partial charge in [0.05, 0.1) is 11.8 Å². The van der Waals surface area contributed by atoms with E-state index in [0.717, 1.165) is 0 Å². The number of para-hydroxylation sites is 1. The molecule has 1 N–H and O–H groups in total. The highest BCUT2D eigenvalue weighted by Crippen LogP contribution is 2.32. The Balaban J connectivity index is 3.02. The van der Waals surface area contributed by atoms with Crippen molar-refractivity contribution in [2.45, 2.75) is 22.8 Å². The fourth-order valence-electron chi connectivity index (χ4n) is 1.06. The average molecular weight is 292 g/mol. The first-order chi connectivity index (χ1) is 8.36. The molecule has 98 valence electrons. The monoisotopic (exact) mass is 292 g/mol. The van der Waals surface area contributed by atoms with Crippen LogP contribution in [0.15, 0.2) is 29.2 Å². The summed E-state index contributed by atoms with van der Waals surface area (Å²) in [6, 6.07) is 7.37. The van der Waals surface area contributed by atoms with Crippen LogP contribution < -0.4 is 4.72 Å². The van der Waals surface area contributed by atoms with Crippen molar-refractivity contribution in [2.24, 2.45) is 0 Å². The van der Waals surface area contributed by atoms with Gasteiger partial charge in [-0.3, -0.25) is 4.72 Å². The lowest BCUT2D eigenvalue weighted by Crippen LogP contribution is -2.24. The molecule has 1 aromatic rings. The first-order valence-corrected chi connectivity index (χ1v) is 7.24. The van der Waals surface area contributed by atoms with E-state index in [1.165, 1.54) is 31.2 Å². The zero-order valence-electron chi connectivity index (χ0n) is 9.30. The van der Waals surface area contributed by atoms with E-state index in [-0.39, 0.29) is 22.3 Å². The molecule has 0 bridgehead atoms. The fourth-order valence-corrected chi connectivity index (χ4v) is 2.52. The molecule has 0 aromatic heterocycles. The van der Waals surface area contributed by atoms with Gasteiger partial charge in [-0.2, -0.15) is 14.0 Å². The van der Waals surface area contributed by atoms with Gasteiger partial charge < -0.3 is 0 Å². The van der Waals surface area contributed by atoms with E-state index < -0.39 is 21.0 Å². The molecular formula is C10H10F2N2O2S2. The SMILES string of the molecule is CC(C#N)S(=O)(=O)Nc1ccccc1SC(F)F. The van der Waals surface area contributed by atoms with Crippen LogP contribution >= 0.6 is 11.8 Å². The van der Waals surface area contributed by atoms with Crippen LogP contribution in [-0.4, -0.2) is 19.4 Å². The highest BCUT2D eigenvalue weighted by atomic mass is 32.2. The van der Waals surface area contributed by atoms with Crippen LogP contribution in [0, 0.1) is 11.3 Å². The Morgan fingerprint density at radius 3 is 2.56 bits per heavy atom. The zero-order valence-corrected chi connectivity index (χ0v) is 10.9. The lowest BCUT2D eigenvalue weighted by molar-refractivity contribution is 0.252. The van der Waals surface area contributed by atoms with Crippen LogP contribution in [0.5, 0.6) is 0 Å². The number of hydrogen-bond acceptors (Lipinski definition) is 4. The normalized spacial score (nSPS) is 13.1. The third-order valence-corrected chi connectivity index (χ3v) is 4.33. The highest BCUT2D eigenvalue weighted by molar-refractivity contribution is 8.00. The molecule has 0 saturated carbocycles. The zero-order chi connectivity index (χ0) is 13.8. The van der Waals surface area contributed by atoms with Gasteiger partial charge in [-0.15, -0.1) is 0 Å². The van der Waals surface area contributed by atoms with E-state index in [2.05, 4.69) is 4.72 Å². The number of alkyl halides is 2. The molecule has 0 saturated heterocycles. The first kappa shape index (κ1) is 14.7. The van der Waals surface area contributed by atoms with Crippen molar-refractivity contribution < 1.29 is 17.2 Å². The number of rotatable bonds is 5. The Hall–Kier alpha value is -1.33. The predicted octanol–water partition coefficient (Wildman–Crippen LogP) is 2.66. The molecule has 1 aromatic carbocycles. The molecule has 0 radical (unpaired) electrons. The Bertz CT molecular complexity index is 555. The van der Waals surface area contributed by atoms with Crippen LogP contribution in [0.3, 0.4) is 0 Å². The topological polar surface area (TPSA) is 70.0 Å². The van der Waals surface area contributed by atoms with Gasteiger partial charge in [0, 0.05) is 4.90 Å². The second-order valence-electron chi connectivity index (χ2n) is 3.29. The maximum absolute atomic E-state index is 12.3. The number of thioether (sulfide) groups is 1. The predicted molar refractivity (Wildman–Crippen MR) is 65.9 cm³/mol. The van der Waals surface area contributed by atoms with Crippen LogP contribution in [0.4, 0.5) is 14.5 Å². The van der Waals surface area contributed by atoms with Gasteiger partial charge in [0.2, 0.25) is 10.0 Å². The number of hydrogen-bond donors (Lipinski definition) is 1. The highest BCUT2D eigenvalue weighted by Gasteiger charge is 2.21. The molecule has 8 heteroatoms. The third kappa shape index (κ3) is 3.85. The Kier molecular flexibility index (Phi) is 4.93. The van der Waals surface area contributed by atoms with Crippen LogP contribution in [0.25, 0.3) is 0 Å². The third-order valence-electron chi connectivity index (χ3n) is 2.00. The van der Waals surface area contributed by atoms with Crippen molar-refractivity contribution in [2.75, 3.05) is 4.72 Å². The van der Waals surface area contributed by atoms with Gasteiger partial charge in [0.15, 0.2) is 5.25 Å². The molecule has 0 heterocycles. The summed E-state index contributed by atoms with van der Waals surface area (Å²) < 4.78 is 50.0. The fraction of sp³-hybridized carbons (Fsp3) is 0.300. The van der Waals surface area contributed by atoms with E-state index in [4.69, 9.17) is 5.26 Å². The van der Waals surface area contributed by atoms with Crippen molar-refractivity contribution in [3.05, 3.63) is 24.3 Å². The van der Waals surface area contributed by atoms with Crippen molar-refractivity contribution >= 4 is 27.5 Å².